The fourth-order valence-corrected chi connectivity index (χ4v) is 5.34. The third kappa shape index (κ3) is 6.77. The molecule has 41 heavy (non-hydrogen) atoms. The minimum atomic E-state index is -0.748. The maximum Gasteiger partial charge on any atom is 0.249 e. The van der Waals surface area contributed by atoms with Crippen molar-refractivity contribution in [3.05, 3.63) is 88.7 Å². The van der Waals surface area contributed by atoms with Crippen molar-refractivity contribution in [3.63, 3.8) is 0 Å². The largest absolute Gasteiger partial charge is 0.481 e. The number of hydrogen-bond donors (Lipinski definition) is 1. The van der Waals surface area contributed by atoms with Gasteiger partial charge < -0.3 is 24.4 Å². The lowest BCUT2D eigenvalue weighted by Crippen LogP contribution is -2.49. The van der Waals surface area contributed by atoms with Crippen LogP contribution in [0.15, 0.2) is 60.8 Å². The lowest BCUT2D eigenvalue weighted by molar-refractivity contribution is -0.127. The number of benzene rings is 2. The number of nitrogens with one attached hydrogen (secondary N) is 1. The topological polar surface area (TPSA) is 79.7 Å². The lowest BCUT2D eigenvalue weighted by Gasteiger charge is -2.25. The summed E-state index contributed by atoms with van der Waals surface area (Å²) in [6, 6.07) is 16.8. The number of ether oxygens (including phenoxy) is 1. The molecule has 0 aliphatic heterocycles. The summed E-state index contributed by atoms with van der Waals surface area (Å²) in [6.45, 7) is 8.03. The second-order valence-corrected chi connectivity index (χ2v) is 10.9. The Balaban J connectivity index is 1.64. The van der Waals surface area contributed by atoms with Crippen LogP contribution in [-0.4, -0.2) is 67.1 Å². The summed E-state index contributed by atoms with van der Waals surface area (Å²) in [5, 5.41) is 4.21. The minimum Gasteiger partial charge on any atom is -0.481 e. The molecule has 0 fully saturated rings. The Morgan fingerprint density at radius 3 is 2.32 bits per heavy atom. The van der Waals surface area contributed by atoms with E-state index < -0.39 is 6.04 Å². The van der Waals surface area contributed by atoms with Gasteiger partial charge in [-0.3, -0.25) is 9.59 Å². The zero-order valence-corrected chi connectivity index (χ0v) is 25.2. The molecule has 8 nitrogen and oxygen atoms in total. The monoisotopic (exact) mass is 555 g/mol. The Bertz CT molecular complexity index is 1510. The van der Waals surface area contributed by atoms with Crippen molar-refractivity contribution in [2.45, 2.75) is 46.2 Å². The van der Waals surface area contributed by atoms with Crippen molar-refractivity contribution >= 4 is 28.4 Å². The van der Waals surface area contributed by atoms with Crippen LogP contribution >= 0.6 is 0 Å². The molecule has 2 aromatic carbocycles. The van der Waals surface area contributed by atoms with Crippen LogP contribution < -0.4 is 15.0 Å². The van der Waals surface area contributed by atoms with Crippen LogP contribution in [0.2, 0.25) is 0 Å². The summed E-state index contributed by atoms with van der Waals surface area (Å²) < 4.78 is 7.48. The van der Waals surface area contributed by atoms with Gasteiger partial charge in [-0.15, -0.1) is 0 Å². The summed E-state index contributed by atoms with van der Waals surface area (Å²) in [4.78, 5) is 35.4. The van der Waals surface area contributed by atoms with Gasteiger partial charge in [0.1, 0.15) is 6.04 Å². The Kier molecular flexibility index (Phi) is 9.45. The molecule has 2 heterocycles. The number of amides is 2. The number of aryl methyl sites for hydroxylation is 2. The van der Waals surface area contributed by atoms with E-state index in [1.165, 1.54) is 16.0 Å². The van der Waals surface area contributed by atoms with Gasteiger partial charge in [0.15, 0.2) is 0 Å². The quantitative estimate of drug-likeness (QED) is 0.296. The summed E-state index contributed by atoms with van der Waals surface area (Å²) in [6.07, 6.45) is 2.16. The highest BCUT2D eigenvalue weighted by Gasteiger charge is 2.27. The first-order chi connectivity index (χ1) is 19.6. The molecule has 0 unspecified atom stereocenters. The molecule has 0 aliphatic carbocycles. The van der Waals surface area contributed by atoms with Crippen molar-refractivity contribution in [3.8, 4) is 5.88 Å². The van der Waals surface area contributed by atoms with Gasteiger partial charge in [-0.25, -0.2) is 4.98 Å². The summed E-state index contributed by atoms with van der Waals surface area (Å²) in [5.41, 5.74) is 7.19. The van der Waals surface area contributed by atoms with E-state index in [-0.39, 0.29) is 18.2 Å². The van der Waals surface area contributed by atoms with Crippen LogP contribution in [0.4, 0.5) is 5.69 Å². The Morgan fingerprint density at radius 2 is 1.68 bits per heavy atom. The maximum atomic E-state index is 13.8. The number of anilines is 1. The number of fused-ring (bicyclic) bond motifs is 1. The molecule has 2 amide bonds. The van der Waals surface area contributed by atoms with E-state index >= 15 is 0 Å². The van der Waals surface area contributed by atoms with Crippen LogP contribution in [0.5, 0.6) is 5.88 Å². The molecular weight excluding hydrogens is 514 g/mol. The SMILES string of the molecule is COc1ccc(N(C)C(=O)[C@H](Cc2ccccc2)NC(=O)Cc2c(C)n(CCN(C)C)c3c(C)ccc(C)c23)cn1. The van der Waals surface area contributed by atoms with Crippen molar-refractivity contribution in [2.24, 2.45) is 0 Å². The number of aromatic nitrogens is 2. The second kappa shape index (κ2) is 13.0. The third-order valence-corrected chi connectivity index (χ3v) is 7.67. The number of hydrogen-bond acceptors (Lipinski definition) is 5. The van der Waals surface area contributed by atoms with Gasteiger partial charge in [-0.2, -0.15) is 0 Å². The molecule has 8 heteroatoms. The molecule has 0 bridgehead atoms. The minimum absolute atomic E-state index is 0.184. The first-order valence-electron chi connectivity index (χ1n) is 13.9. The predicted molar refractivity (Wildman–Crippen MR) is 165 cm³/mol. The maximum absolute atomic E-state index is 13.8. The zero-order chi connectivity index (χ0) is 29.7. The normalized spacial score (nSPS) is 12.0. The standard InChI is InChI=1S/C33H41N5O3/c1-22-13-14-23(2)32-31(22)27(24(3)38(32)18-17-36(4)5)20-29(39)35-28(19-25-11-9-8-10-12-25)33(40)37(6)26-15-16-30(41-7)34-21-26/h8-16,21,28H,17-20H2,1-7H3,(H,35,39)/t28-/m0/s1. The number of rotatable bonds is 11. The number of nitrogens with zero attached hydrogens (tertiary/aromatic N) is 4. The lowest BCUT2D eigenvalue weighted by atomic mass is 10.00. The Labute approximate surface area is 242 Å². The molecule has 0 radical (unpaired) electrons. The van der Waals surface area contributed by atoms with E-state index in [4.69, 9.17) is 4.74 Å². The number of carbonyl (C=O) groups is 2. The van der Waals surface area contributed by atoms with Gasteiger partial charge >= 0.3 is 0 Å². The molecule has 0 saturated heterocycles. The van der Waals surface area contributed by atoms with Crippen LogP contribution in [0.3, 0.4) is 0 Å². The van der Waals surface area contributed by atoms with E-state index in [9.17, 15) is 9.59 Å². The molecule has 0 spiro atoms. The van der Waals surface area contributed by atoms with E-state index in [1.807, 2.05) is 30.3 Å². The number of likely N-dealkylation sites (N-methyl/N-ethyl adjacent to an activating group) is 2. The number of pyridine rings is 1. The van der Waals surface area contributed by atoms with Gasteiger partial charge in [0.2, 0.25) is 17.7 Å². The fourth-order valence-electron chi connectivity index (χ4n) is 5.34. The highest BCUT2D eigenvalue weighted by molar-refractivity contribution is 6.00. The first kappa shape index (κ1) is 29.8. The van der Waals surface area contributed by atoms with Crippen LogP contribution in [0.1, 0.15) is 27.9 Å². The molecule has 2 aromatic heterocycles. The van der Waals surface area contributed by atoms with Crippen molar-refractivity contribution in [1.82, 2.24) is 19.8 Å². The molecular formula is C33H41N5O3. The third-order valence-electron chi connectivity index (χ3n) is 7.67. The van der Waals surface area contributed by atoms with E-state index in [2.05, 4.69) is 66.8 Å². The average Bonchev–Trinajstić information content (AvgIpc) is 3.25. The zero-order valence-electron chi connectivity index (χ0n) is 25.2. The van der Waals surface area contributed by atoms with Gasteiger partial charge in [0.05, 0.1) is 30.9 Å². The Hall–Kier alpha value is -4.17. The first-order valence-corrected chi connectivity index (χ1v) is 13.9. The highest BCUT2D eigenvalue weighted by Crippen LogP contribution is 2.32. The van der Waals surface area contributed by atoms with Crippen LogP contribution in [0.25, 0.3) is 10.9 Å². The van der Waals surface area contributed by atoms with E-state index in [0.717, 1.165) is 40.9 Å². The van der Waals surface area contributed by atoms with Crippen molar-refractivity contribution in [2.75, 3.05) is 39.7 Å². The molecule has 1 atom stereocenters. The summed E-state index contributed by atoms with van der Waals surface area (Å²) in [7, 11) is 7.38. The van der Waals surface area contributed by atoms with Gasteiger partial charge in [0, 0.05) is 43.7 Å². The van der Waals surface area contributed by atoms with Gasteiger partial charge in [-0.05, 0) is 63.2 Å². The second-order valence-electron chi connectivity index (χ2n) is 10.9. The van der Waals surface area contributed by atoms with Crippen LogP contribution in [-0.2, 0) is 29.0 Å². The molecule has 0 aliphatic rings. The van der Waals surface area contributed by atoms with Gasteiger partial charge in [0.25, 0.3) is 0 Å². The number of carbonyl (C=O) groups excluding carboxylic acids is 2. The highest BCUT2D eigenvalue weighted by atomic mass is 16.5. The number of methoxy groups -OCH3 is 1. The summed E-state index contributed by atoms with van der Waals surface area (Å²) >= 11 is 0. The molecule has 0 saturated carbocycles. The smallest absolute Gasteiger partial charge is 0.249 e. The van der Waals surface area contributed by atoms with Crippen molar-refractivity contribution < 1.29 is 14.3 Å². The predicted octanol–water partition coefficient (Wildman–Crippen LogP) is 4.46. The molecule has 4 rings (SSSR count). The molecule has 4 aromatic rings. The summed E-state index contributed by atoms with van der Waals surface area (Å²) in [5.74, 6) is 0.0666. The molecule has 216 valence electrons. The molecule has 1 N–H and O–H groups in total. The average molecular weight is 556 g/mol. The van der Waals surface area contributed by atoms with E-state index in [0.29, 0.717) is 18.0 Å². The van der Waals surface area contributed by atoms with Gasteiger partial charge in [-0.1, -0.05) is 42.5 Å². The Morgan fingerprint density at radius 1 is 0.976 bits per heavy atom. The van der Waals surface area contributed by atoms with Crippen molar-refractivity contribution in [1.29, 1.82) is 0 Å². The van der Waals surface area contributed by atoms with Crippen LogP contribution in [0, 0.1) is 20.8 Å². The van der Waals surface area contributed by atoms with E-state index in [1.54, 1.807) is 32.5 Å². The fraction of sp³-hybridized carbons (Fsp3) is 0.364.